The van der Waals surface area contributed by atoms with Crippen LogP contribution in [0, 0.1) is 6.92 Å². The number of hydrogen-bond acceptors (Lipinski definition) is 7. The van der Waals surface area contributed by atoms with Crippen LogP contribution in [0.4, 0.5) is 5.69 Å². The zero-order chi connectivity index (χ0) is 24.6. The molecule has 12 heteroatoms. The summed E-state index contributed by atoms with van der Waals surface area (Å²) in [6, 6.07) is 11.7. The van der Waals surface area contributed by atoms with Gasteiger partial charge in [0.05, 0.1) is 9.79 Å². The van der Waals surface area contributed by atoms with E-state index in [0.29, 0.717) is 18.8 Å². The van der Waals surface area contributed by atoms with Crippen molar-refractivity contribution in [1.29, 1.82) is 0 Å². The lowest BCUT2D eigenvalue weighted by Crippen LogP contribution is -2.32. The van der Waals surface area contributed by atoms with E-state index in [2.05, 4.69) is 10.0 Å². The normalized spacial score (nSPS) is 11.9. The van der Waals surface area contributed by atoms with Gasteiger partial charge in [-0.2, -0.15) is 9.03 Å². The molecule has 0 aromatic heterocycles. The van der Waals surface area contributed by atoms with Crippen LogP contribution in [-0.2, 0) is 34.4 Å². The maximum atomic E-state index is 12.5. The molecule has 2 rings (SSSR count). The predicted molar refractivity (Wildman–Crippen MR) is 123 cm³/mol. The quantitative estimate of drug-likeness (QED) is 0.448. The third-order valence-corrected chi connectivity index (χ3v) is 8.06. The number of hydrogen-bond donors (Lipinski definition) is 2. The lowest BCUT2D eigenvalue weighted by molar-refractivity contribution is -0.146. The number of esters is 1. The fourth-order valence-corrected chi connectivity index (χ4v) is 5.20. The Balaban J connectivity index is 1.85. The molecular formula is C21H27N3O7S2. The largest absolute Gasteiger partial charge is 0.455 e. The van der Waals surface area contributed by atoms with Gasteiger partial charge in [0, 0.05) is 18.8 Å². The van der Waals surface area contributed by atoms with E-state index in [9.17, 15) is 26.4 Å². The van der Waals surface area contributed by atoms with Crippen molar-refractivity contribution in [2.24, 2.45) is 0 Å². The van der Waals surface area contributed by atoms with Crippen LogP contribution in [0.15, 0.2) is 58.3 Å². The highest BCUT2D eigenvalue weighted by molar-refractivity contribution is 7.89. The molecule has 0 atom stereocenters. The number of anilines is 1. The molecule has 0 aliphatic rings. The number of carbonyl (C=O) groups is 2. The van der Waals surface area contributed by atoms with Crippen molar-refractivity contribution >= 4 is 37.6 Å². The first-order chi connectivity index (χ1) is 15.5. The number of nitrogens with one attached hydrogen (secondary N) is 2. The van der Waals surface area contributed by atoms with Gasteiger partial charge in [0.15, 0.2) is 6.61 Å². The highest BCUT2D eigenvalue weighted by Gasteiger charge is 2.21. The van der Waals surface area contributed by atoms with E-state index < -0.39 is 45.1 Å². The molecule has 33 heavy (non-hydrogen) atoms. The van der Waals surface area contributed by atoms with Crippen LogP contribution in [0.5, 0.6) is 0 Å². The number of rotatable bonds is 11. The SMILES string of the molecule is CCN(CC)S(=O)(=O)c1ccc(NC(=O)COC(=O)CNS(=O)(=O)c2ccc(C)cc2)cc1. The van der Waals surface area contributed by atoms with E-state index in [1.807, 2.05) is 6.92 Å². The van der Waals surface area contributed by atoms with Gasteiger partial charge >= 0.3 is 5.97 Å². The fraction of sp³-hybridized carbons (Fsp3) is 0.333. The second-order valence-electron chi connectivity index (χ2n) is 6.96. The molecular weight excluding hydrogens is 470 g/mol. The molecule has 0 bridgehead atoms. The van der Waals surface area contributed by atoms with Gasteiger partial charge in [-0.25, -0.2) is 16.8 Å². The Kier molecular flexibility index (Phi) is 9.11. The summed E-state index contributed by atoms with van der Waals surface area (Å²) in [5, 5.41) is 2.47. The molecule has 0 heterocycles. The third-order valence-electron chi connectivity index (χ3n) is 4.58. The van der Waals surface area contributed by atoms with Gasteiger partial charge in [-0.15, -0.1) is 0 Å². The molecule has 2 aromatic carbocycles. The first kappa shape index (κ1) is 26.5. The summed E-state index contributed by atoms with van der Waals surface area (Å²) in [4.78, 5) is 23.9. The Morgan fingerprint density at radius 2 is 1.42 bits per heavy atom. The Labute approximate surface area is 194 Å². The van der Waals surface area contributed by atoms with E-state index in [0.717, 1.165) is 5.56 Å². The standard InChI is InChI=1S/C21H27N3O7S2/c1-4-24(5-2)33(29,30)19-12-8-17(9-13-19)23-20(25)15-31-21(26)14-22-32(27,28)18-10-6-16(3)7-11-18/h6-13,22H,4-5,14-15H2,1-3H3,(H,23,25). The summed E-state index contributed by atoms with van der Waals surface area (Å²) in [6.07, 6.45) is 0. The highest BCUT2D eigenvalue weighted by atomic mass is 32.2. The lowest BCUT2D eigenvalue weighted by atomic mass is 10.2. The predicted octanol–water partition coefficient (Wildman–Crippen LogP) is 1.49. The van der Waals surface area contributed by atoms with Gasteiger partial charge in [0.1, 0.15) is 6.54 Å². The molecule has 2 aromatic rings. The summed E-state index contributed by atoms with van der Waals surface area (Å²) in [7, 11) is -7.50. The van der Waals surface area contributed by atoms with Crippen LogP contribution >= 0.6 is 0 Å². The minimum Gasteiger partial charge on any atom is -0.455 e. The van der Waals surface area contributed by atoms with Crippen LogP contribution in [0.25, 0.3) is 0 Å². The highest BCUT2D eigenvalue weighted by Crippen LogP contribution is 2.18. The fourth-order valence-electron chi connectivity index (χ4n) is 2.77. The van der Waals surface area contributed by atoms with E-state index in [1.54, 1.807) is 26.0 Å². The Morgan fingerprint density at radius 3 is 1.97 bits per heavy atom. The van der Waals surface area contributed by atoms with Gasteiger partial charge in [-0.1, -0.05) is 31.5 Å². The molecule has 0 unspecified atom stereocenters. The van der Waals surface area contributed by atoms with Gasteiger partial charge in [-0.05, 0) is 43.3 Å². The average Bonchev–Trinajstić information content (AvgIpc) is 2.77. The second kappa shape index (κ2) is 11.4. The molecule has 0 aliphatic carbocycles. The number of nitrogens with zero attached hydrogens (tertiary/aromatic N) is 1. The average molecular weight is 498 g/mol. The summed E-state index contributed by atoms with van der Waals surface area (Å²) in [5.41, 5.74) is 1.20. The number of amides is 1. The van der Waals surface area contributed by atoms with Crippen molar-refractivity contribution in [3.05, 3.63) is 54.1 Å². The second-order valence-corrected chi connectivity index (χ2v) is 10.7. The lowest BCUT2D eigenvalue weighted by Gasteiger charge is -2.18. The third kappa shape index (κ3) is 7.35. The first-order valence-corrected chi connectivity index (χ1v) is 13.0. The van der Waals surface area contributed by atoms with Crippen LogP contribution < -0.4 is 10.0 Å². The topological polar surface area (TPSA) is 139 Å². The Bertz CT molecular complexity index is 1170. The molecule has 0 saturated heterocycles. The van der Waals surface area contributed by atoms with Crippen molar-refractivity contribution in [1.82, 2.24) is 9.03 Å². The molecule has 0 spiro atoms. The van der Waals surface area contributed by atoms with E-state index in [1.165, 1.54) is 40.7 Å². The number of sulfonamides is 2. The van der Waals surface area contributed by atoms with Crippen LogP contribution in [0.3, 0.4) is 0 Å². The van der Waals surface area contributed by atoms with Crippen molar-refractivity contribution in [3.63, 3.8) is 0 Å². The molecule has 180 valence electrons. The maximum Gasteiger partial charge on any atom is 0.321 e. The first-order valence-electron chi connectivity index (χ1n) is 10.1. The van der Waals surface area contributed by atoms with Crippen molar-refractivity contribution in [3.8, 4) is 0 Å². The van der Waals surface area contributed by atoms with Crippen LogP contribution in [-0.4, -0.2) is 59.3 Å². The van der Waals surface area contributed by atoms with Crippen molar-refractivity contribution < 1.29 is 31.2 Å². The monoisotopic (exact) mass is 497 g/mol. The van der Waals surface area contributed by atoms with Gasteiger partial charge < -0.3 is 10.1 Å². The van der Waals surface area contributed by atoms with E-state index >= 15 is 0 Å². The molecule has 0 radical (unpaired) electrons. The number of benzene rings is 2. The molecule has 0 fully saturated rings. The van der Waals surface area contributed by atoms with Crippen molar-refractivity contribution in [2.75, 3.05) is 31.6 Å². The minimum absolute atomic E-state index is 0.00472. The summed E-state index contributed by atoms with van der Waals surface area (Å²) < 4.78 is 57.5. The molecule has 1 amide bonds. The zero-order valence-corrected chi connectivity index (χ0v) is 20.2. The molecule has 0 saturated carbocycles. The number of aryl methyl sites for hydroxylation is 1. The van der Waals surface area contributed by atoms with E-state index in [4.69, 9.17) is 4.74 Å². The van der Waals surface area contributed by atoms with Gasteiger partial charge in [-0.3, -0.25) is 9.59 Å². The maximum absolute atomic E-state index is 12.5. The van der Waals surface area contributed by atoms with Gasteiger partial charge in [0.25, 0.3) is 5.91 Å². The molecule has 2 N–H and O–H groups in total. The number of ether oxygens (including phenoxy) is 1. The minimum atomic E-state index is -3.89. The van der Waals surface area contributed by atoms with Gasteiger partial charge in [0.2, 0.25) is 20.0 Å². The Morgan fingerprint density at radius 1 is 0.879 bits per heavy atom. The summed E-state index contributed by atoms with van der Waals surface area (Å²) in [5.74, 6) is -1.59. The Hall–Kier alpha value is -2.80. The van der Waals surface area contributed by atoms with Crippen molar-refractivity contribution in [2.45, 2.75) is 30.6 Å². The summed E-state index contributed by atoms with van der Waals surface area (Å²) in [6.45, 7) is 4.70. The summed E-state index contributed by atoms with van der Waals surface area (Å²) >= 11 is 0. The number of carbonyl (C=O) groups excluding carboxylic acids is 2. The molecule has 0 aliphatic heterocycles. The molecule has 10 nitrogen and oxygen atoms in total. The van der Waals surface area contributed by atoms with E-state index in [-0.39, 0.29) is 9.79 Å². The smallest absolute Gasteiger partial charge is 0.321 e. The van der Waals surface area contributed by atoms with Crippen LogP contribution in [0.1, 0.15) is 19.4 Å². The zero-order valence-electron chi connectivity index (χ0n) is 18.6. The van der Waals surface area contributed by atoms with Crippen LogP contribution in [0.2, 0.25) is 0 Å².